The smallest absolute Gasteiger partial charge is 0.222 e. The number of hydrogen-bond donors (Lipinski definition) is 1. The first-order valence-corrected chi connectivity index (χ1v) is 7.87. The maximum atomic E-state index is 12.3. The van der Waals surface area contributed by atoms with Crippen molar-refractivity contribution in [3.8, 4) is 0 Å². The summed E-state index contributed by atoms with van der Waals surface area (Å²) in [4.78, 5) is 14.4. The predicted octanol–water partition coefficient (Wildman–Crippen LogP) is 2.66. The van der Waals surface area contributed by atoms with Gasteiger partial charge in [-0.3, -0.25) is 4.79 Å². The molecule has 1 aliphatic heterocycles. The third kappa shape index (κ3) is 3.95. The van der Waals surface area contributed by atoms with Crippen LogP contribution in [0, 0.1) is 17.3 Å². The fourth-order valence-corrected chi connectivity index (χ4v) is 3.31. The Morgan fingerprint density at radius 3 is 2.47 bits per heavy atom. The fraction of sp³-hybridized carbons (Fsp3) is 0.938. The highest BCUT2D eigenvalue weighted by molar-refractivity contribution is 5.76. The number of amides is 1. The molecule has 1 heterocycles. The molecule has 2 unspecified atom stereocenters. The normalized spacial score (nSPS) is 27.3. The molecule has 0 aromatic rings. The van der Waals surface area contributed by atoms with Gasteiger partial charge in [0, 0.05) is 25.6 Å². The molecule has 3 heteroatoms. The molecule has 0 bridgehead atoms. The zero-order valence-electron chi connectivity index (χ0n) is 13.0. The number of nitrogens with one attached hydrogen (secondary N) is 1. The molecule has 2 fully saturated rings. The van der Waals surface area contributed by atoms with Crippen molar-refractivity contribution in [3.63, 3.8) is 0 Å². The molecule has 2 atom stereocenters. The molecule has 19 heavy (non-hydrogen) atoms. The lowest BCUT2D eigenvalue weighted by molar-refractivity contribution is -0.131. The molecule has 1 amide bonds. The van der Waals surface area contributed by atoms with Gasteiger partial charge in [-0.25, -0.2) is 0 Å². The van der Waals surface area contributed by atoms with E-state index in [1.165, 1.54) is 12.8 Å². The van der Waals surface area contributed by atoms with Gasteiger partial charge in [-0.1, -0.05) is 20.8 Å². The van der Waals surface area contributed by atoms with E-state index in [-0.39, 0.29) is 0 Å². The van der Waals surface area contributed by atoms with Gasteiger partial charge in [0.15, 0.2) is 0 Å². The summed E-state index contributed by atoms with van der Waals surface area (Å²) in [6.07, 6.45) is 5.63. The van der Waals surface area contributed by atoms with Crippen LogP contribution >= 0.6 is 0 Å². The summed E-state index contributed by atoms with van der Waals surface area (Å²) >= 11 is 0. The second-order valence-electron chi connectivity index (χ2n) is 7.46. The third-order valence-electron chi connectivity index (χ3n) is 5.01. The Morgan fingerprint density at radius 1 is 1.26 bits per heavy atom. The Labute approximate surface area is 118 Å². The molecular weight excluding hydrogens is 236 g/mol. The summed E-state index contributed by atoms with van der Waals surface area (Å²) in [7, 11) is 2.03. The van der Waals surface area contributed by atoms with E-state index in [0.29, 0.717) is 23.3 Å². The first kappa shape index (κ1) is 14.8. The minimum absolute atomic E-state index is 0.329. The first-order chi connectivity index (χ1) is 8.91. The van der Waals surface area contributed by atoms with Crippen LogP contribution in [-0.4, -0.2) is 37.0 Å². The van der Waals surface area contributed by atoms with E-state index in [0.717, 1.165) is 38.3 Å². The Morgan fingerprint density at radius 2 is 1.95 bits per heavy atom. The largest absolute Gasteiger partial charge is 0.341 e. The third-order valence-corrected chi connectivity index (χ3v) is 5.01. The molecule has 3 nitrogen and oxygen atoms in total. The number of hydrogen-bond acceptors (Lipinski definition) is 2. The van der Waals surface area contributed by atoms with Gasteiger partial charge in [0.05, 0.1) is 0 Å². The monoisotopic (exact) mass is 266 g/mol. The van der Waals surface area contributed by atoms with Crippen LogP contribution in [0.15, 0.2) is 0 Å². The van der Waals surface area contributed by atoms with Crippen LogP contribution in [0.4, 0.5) is 0 Å². The van der Waals surface area contributed by atoms with Crippen molar-refractivity contribution in [1.29, 1.82) is 0 Å². The van der Waals surface area contributed by atoms with Gasteiger partial charge in [0.2, 0.25) is 5.91 Å². The van der Waals surface area contributed by atoms with Crippen LogP contribution < -0.4 is 5.32 Å². The van der Waals surface area contributed by atoms with E-state index < -0.39 is 0 Å². The van der Waals surface area contributed by atoms with E-state index in [1.54, 1.807) is 0 Å². The topological polar surface area (TPSA) is 32.3 Å². The van der Waals surface area contributed by atoms with E-state index in [9.17, 15) is 4.79 Å². The number of carbonyl (C=O) groups excluding carboxylic acids is 1. The van der Waals surface area contributed by atoms with Crippen LogP contribution in [0.5, 0.6) is 0 Å². The van der Waals surface area contributed by atoms with Crippen molar-refractivity contribution < 1.29 is 4.79 Å². The highest BCUT2D eigenvalue weighted by atomic mass is 16.2. The molecule has 2 rings (SSSR count). The molecule has 2 aliphatic rings. The maximum Gasteiger partial charge on any atom is 0.222 e. The molecule has 1 saturated carbocycles. The molecule has 0 spiro atoms. The number of likely N-dealkylation sites (tertiary alicyclic amines) is 1. The van der Waals surface area contributed by atoms with E-state index in [1.807, 2.05) is 7.05 Å². The van der Waals surface area contributed by atoms with Crippen LogP contribution in [0.2, 0.25) is 0 Å². The fourth-order valence-electron chi connectivity index (χ4n) is 3.31. The van der Waals surface area contributed by atoms with Crippen LogP contribution in [0.3, 0.4) is 0 Å². The molecule has 0 radical (unpaired) electrons. The van der Waals surface area contributed by atoms with E-state index in [2.05, 4.69) is 31.0 Å². The van der Waals surface area contributed by atoms with Crippen molar-refractivity contribution in [2.45, 2.75) is 58.9 Å². The van der Waals surface area contributed by atoms with Crippen LogP contribution in [-0.2, 0) is 4.79 Å². The summed E-state index contributed by atoms with van der Waals surface area (Å²) in [6, 6.07) is 0.509. The maximum absolute atomic E-state index is 12.3. The van der Waals surface area contributed by atoms with Crippen molar-refractivity contribution in [2.75, 3.05) is 20.1 Å². The number of rotatable bonds is 4. The Hall–Kier alpha value is -0.570. The Balaban J connectivity index is 1.92. The van der Waals surface area contributed by atoms with Crippen molar-refractivity contribution in [3.05, 3.63) is 0 Å². The molecule has 110 valence electrons. The van der Waals surface area contributed by atoms with Gasteiger partial charge in [-0.15, -0.1) is 0 Å². The van der Waals surface area contributed by atoms with Crippen molar-refractivity contribution in [1.82, 2.24) is 10.2 Å². The number of likely N-dealkylation sites (N-methyl/N-ethyl adjacent to an activating group) is 1. The van der Waals surface area contributed by atoms with Crippen molar-refractivity contribution >= 4 is 5.91 Å². The minimum Gasteiger partial charge on any atom is -0.341 e. The zero-order chi connectivity index (χ0) is 14.0. The second-order valence-corrected chi connectivity index (χ2v) is 7.46. The molecular formula is C16H30N2O. The molecule has 1 aliphatic carbocycles. The summed E-state index contributed by atoms with van der Waals surface area (Å²) in [5, 5.41) is 3.40. The zero-order valence-corrected chi connectivity index (χ0v) is 13.0. The molecule has 0 aromatic heterocycles. The van der Waals surface area contributed by atoms with Gasteiger partial charge in [0.25, 0.3) is 0 Å². The molecule has 1 N–H and O–H groups in total. The Kier molecular flexibility index (Phi) is 4.54. The van der Waals surface area contributed by atoms with Crippen molar-refractivity contribution in [2.24, 2.45) is 17.3 Å². The number of carbonyl (C=O) groups is 1. The quantitative estimate of drug-likeness (QED) is 0.848. The highest BCUT2D eigenvalue weighted by Crippen LogP contribution is 2.36. The minimum atomic E-state index is 0.329. The average Bonchev–Trinajstić information content (AvgIpc) is 3.14. The summed E-state index contributed by atoms with van der Waals surface area (Å²) < 4.78 is 0. The summed E-state index contributed by atoms with van der Waals surface area (Å²) in [5.41, 5.74) is 0.329. The lowest BCUT2D eigenvalue weighted by Crippen LogP contribution is -2.43. The van der Waals surface area contributed by atoms with Crippen LogP contribution in [0.25, 0.3) is 0 Å². The average molecular weight is 266 g/mol. The standard InChI is InChI=1S/C16H30N2O/c1-16(2,3)13-7-8-15(19)18(10-9-13)11-14(17-4)12-5-6-12/h12-14,17H,5-11H2,1-4H3. The SMILES string of the molecule is CNC(CN1CCC(C(C)(C)C)CCC1=O)C1CC1. The predicted molar refractivity (Wildman–Crippen MR) is 78.9 cm³/mol. The number of nitrogens with zero attached hydrogens (tertiary/aromatic N) is 1. The van der Waals surface area contributed by atoms with Gasteiger partial charge < -0.3 is 10.2 Å². The lowest BCUT2D eigenvalue weighted by Gasteiger charge is -2.30. The second kappa shape index (κ2) is 5.82. The summed E-state index contributed by atoms with van der Waals surface area (Å²) in [5.74, 6) is 1.85. The van der Waals surface area contributed by atoms with Gasteiger partial charge >= 0.3 is 0 Å². The van der Waals surface area contributed by atoms with Crippen LogP contribution in [0.1, 0.15) is 52.9 Å². The Bertz CT molecular complexity index is 317. The summed E-state index contributed by atoms with van der Waals surface area (Å²) in [6.45, 7) is 8.78. The lowest BCUT2D eigenvalue weighted by atomic mass is 9.77. The van der Waals surface area contributed by atoms with E-state index >= 15 is 0 Å². The van der Waals surface area contributed by atoms with Gasteiger partial charge in [-0.2, -0.15) is 0 Å². The molecule has 1 saturated heterocycles. The van der Waals surface area contributed by atoms with Gasteiger partial charge in [0.1, 0.15) is 0 Å². The van der Waals surface area contributed by atoms with Gasteiger partial charge in [-0.05, 0) is 50.0 Å². The van der Waals surface area contributed by atoms with E-state index in [4.69, 9.17) is 0 Å². The molecule has 0 aromatic carbocycles. The first-order valence-electron chi connectivity index (χ1n) is 7.87. The highest BCUT2D eigenvalue weighted by Gasteiger charge is 2.34.